The normalized spacial score (nSPS) is 15.1. The van der Waals surface area contributed by atoms with Crippen molar-refractivity contribution in [2.75, 3.05) is 13.2 Å². The smallest absolute Gasteiger partial charge is 0.302 e. The molecule has 0 saturated heterocycles. The summed E-state index contributed by atoms with van der Waals surface area (Å²) in [5.41, 5.74) is 0. The Morgan fingerprint density at radius 1 is 0.933 bits per heavy atom. The first kappa shape index (κ1) is 15.1. The standard InChI is InChI=1S/C10H23O4P/c1-3-5-6-7-8-10-14-15(11,12)13-9-4-2/h3-10H2,1-2H3,(H,11,12). The van der Waals surface area contributed by atoms with Crippen LogP contribution in [-0.4, -0.2) is 18.1 Å². The monoisotopic (exact) mass is 238 g/mol. The zero-order valence-corrected chi connectivity index (χ0v) is 10.7. The summed E-state index contributed by atoms with van der Waals surface area (Å²) in [6.45, 7) is 4.60. The molecule has 4 nitrogen and oxygen atoms in total. The number of unbranched alkanes of at least 4 members (excludes halogenated alkanes) is 4. The molecule has 0 radical (unpaired) electrons. The predicted molar refractivity (Wildman–Crippen MR) is 60.8 cm³/mol. The highest BCUT2D eigenvalue weighted by Gasteiger charge is 2.19. The van der Waals surface area contributed by atoms with Gasteiger partial charge in [-0.3, -0.25) is 9.05 Å². The molecule has 1 unspecified atom stereocenters. The fraction of sp³-hybridized carbons (Fsp3) is 1.00. The fourth-order valence-corrected chi connectivity index (χ4v) is 1.98. The van der Waals surface area contributed by atoms with Gasteiger partial charge in [-0.05, 0) is 12.8 Å². The molecule has 5 heteroatoms. The number of hydrogen-bond donors (Lipinski definition) is 1. The van der Waals surface area contributed by atoms with Gasteiger partial charge in [-0.2, -0.15) is 0 Å². The lowest BCUT2D eigenvalue weighted by Gasteiger charge is -2.11. The molecule has 1 atom stereocenters. The van der Waals surface area contributed by atoms with Crippen molar-refractivity contribution in [1.82, 2.24) is 0 Å². The van der Waals surface area contributed by atoms with Crippen LogP contribution < -0.4 is 0 Å². The van der Waals surface area contributed by atoms with Gasteiger partial charge < -0.3 is 4.89 Å². The third kappa shape index (κ3) is 10.4. The molecule has 0 heterocycles. The van der Waals surface area contributed by atoms with E-state index in [-0.39, 0.29) is 6.61 Å². The maximum atomic E-state index is 11.2. The lowest BCUT2D eigenvalue weighted by Crippen LogP contribution is -1.98. The van der Waals surface area contributed by atoms with Gasteiger partial charge in [0.15, 0.2) is 0 Å². The van der Waals surface area contributed by atoms with Crippen LogP contribution in [0.4, 0.5) is 0 Å². The van der Waals surface area contributed by atoms with Crippen molar-refractivity contribution >= 4 is 7.82 Å². The molecule has 1 N–H and O–H groups in total. The predicted octanol–water partition coefficient (Wildman–Crippen LogP) is 3.50. The van der Waals surface area contributed by atoms with Gasteiger partial charge in [-0.1, -0.05) is 39.5 Å². The van der Waals surface area contributed by atoms with E-state index in [0.717, 1.165) is 19.3 Å². The molecule has 0 aliphatic carbocycles. The van der Waals surface area contributed by atoms with Crippen molar-refractivity contribution < 1.29 is 18.5 Å². The van der Waals surface area contributed by atoms with E-state index in [2.05, 4.69) is 6.92 Å². The van der Waals surface area contributed by atoms with E-state index >= 15 is 0 Å². The largest absolute Gasteiger partial charge is 0.472 e. The summed E-state index contributed by atoms with van der Waals surface area (Å²) in [7, 11) is -3.76. The minimum absolute atomic E-state index is 0.267. The highest BCUT2D eigenvalue weighted by Crippen LogP contribution is 2.43. The lowest BCUT2D eigenvalue weighted by molar-refractivity contribution is 0.147. The lowest BCUT2D eigenvalue weighted by atomic mass is 10.2. The van der Waals surface area contributed by atoms with E-state index in [0.29, 0.717) is 13.0 Å². The summed E-state index contributed by atoms with van der Waals surface area (Å²) < 4.78 is 20.7. The van der Waals surface area contributed by atoms with Crippen LogP contribution in [-0.2, 0) is 13.6 Å². The van der Waals surface area contributed by atoms with Crippen LogP contribution in [0.2, 0.25) is 0 Å². The summed E-state index contributed by atoms with van der Waals surface area (Å²) in [5, 5.41) is 0. The van der Waals surface area contributed by atoms with E-state index in [1.807, 2.05) is 6.92 Å². The average molecular weight is 238 g/mol. The van der Waals surface area contributed by atoms with Crippen LogP contribution in [0.3, 0.4) is 0 Å². The van der Waals surface area contributed by atoms with E-state index in [9.17, 15) is 4.57 Å². The van der Waals surface area contributed by atoms with Gasteiger partial charge in [0.2, 0.25) is 0 Å². The minimum Gasteiger partial charge on any atom is -0.302 e. The Labute approximate surface area is 92.6 Å². The van der Waals surface area contributed by atoms with E-state index < -0.39 is 7.82 Å². The van der Waals surface area contributed by atoms with Crippen molar-refractivity contribution in [2.45, 2.75) is 52.4 Å². The van der Waals surface area contributed by atoms with Gasteiger partial charge in [0, 0.05) is 0 Å². The van der Waals surface area contributed by atoms with Crippen molar-refractivity contribution in [3.05, 3.63) is 0 Å². The number of phosphoric ester groups is 1. The topological polar surface area (TPSA) is 55.8 Å². The summed E-state index contributed by atoms with van der Waals surface area (Å²) in [4.78, 5) is 9.16. The second-order valence-electron chi connectivity index (χ2n) is 3.55. The zero-order valence-electron chi connectivity index (χ0n) is 9.78. The maximum Gasteiger partial charge on any atom is 0.472 e. The van der Waals surface area contributed by atoms with E-state index in [4.69, 9.17) is 13.9 Å². The SMILES string of the molecule is CCCCCCCOP(=O)(O)OCCC. The average Bonchev–Trinajstić information content (AvgIpc) is 2.20. The first-order valence-corrected chi connectivity index (χ1v) is 7.23. The fourth-order valence-electron chi connectivity index (χ4n) is 1.13. The van der Waals surface area contributed by atoms with Crippen molar-refractivity contribution in [3.63, 3.8) is 0 Å². The van der Waals surface area contributed by atoms with Crippen LogP contribution in [0.1, 0.15) is 52.4 Å². The molecule has 0 aliphatic heterocycles. The van der Waals surface area contributed by atoms with Gasteiger partial charge in [0.05, 0.1) is 13.2 Å². The van der Waals surface area contributed by atoms with Gasteiger partial charge in [-0.25, -0.2) is 4.57 Å². The zero-order chi connectivity index (χ0) is 11.6. The molecule has 0 aromatic rings. The Kier molecular flexibility index (Phi) is 9.41. The van der Waals surface area contributed by atoms with Crippen molar-refractivity contribution in [2.24, 2.45) is 0 Å². The second-order valence-corrected chi connectivity index (χ2v) is 5.00. The third-order valence-corrected chi connectivity index (χ3v) is 2.98. The number of hydrogen-bond acceptors (Lipinski definition) is 3. The molecule has 0 aromatic carbocycles. The molecule has 0 aliphatic rings. The molecular weight excluding hydrogens is 215 g/mol. The van der Waals surface area contributed by atoms with Crippen LogP contribution in [0.15, 0.2) is 0 Å². The molecule has 0 bridgehead atoms. The summed E-state index contributed by atoms with van der Waals surface area (Å²) in [6, 6.07) is 0. The van der Waals surface area contributed by atoms with E-state index in [1.165, 1.54) is 12.8 Å². The van der Waals surface area contributed by atoms with Crippen LogP contribution in [0.25, 0.3) is 0 Å². The molecule has 92 valence electrons. The first-order valence-electron chi connectivity index (χ1n) is 5.74. The molecule has 0 amide bonds. The van der Waals surface area contributed by atoms with E-state index in [1.54, 1.807) is 0 Å². The van der Waals surface area contributed by atoms with Gasteiger partial charge in [0.1, 0.15) is 0 Å². The quantitative estimate of drug-likeness (QED) is 0.467. The van der Waals surface area contributed by atoms with Gasteiger partial charge in [0.25, 0.3) is 0 Å². The highest BCUT2D eigenvalue weighted by atomic mass is 31.2. The van der Waals surface area contributed by atoms with Gasteiger partial charge in [-0.15, -0.1) is 0 Å². The Bertz CT molecular complexity index is 184. The molecule has 0 spiro atoms. The minimum atomic E-state index is -3.76. The third-order valence-electron chi connectivity index (χ3n) is 1.96. The first-order chi connectivity index (χ1) is 7.12. The Hall–Kier alpha value is 0.110. The molecule has 15 heavy (non-hydrogen) atoms. The number of phosphoric acid groups is 1. The molecule has 0 fully saturated rings. The van der Waals surface area contributed by atoms with Crippen LogP contribution in [0.5, 0.6) is 0 Å². The van der Waals surface area contributed by atoms with Crippen LogP contribution in [0, 0.1) is 0 Å². The second kappa shape index (κ2) is 9.34. The Morgan fingerprint density at radius 2 is 1.53 bits per heavy atom. The van der Waals surface area contributed by atoms with Crippen LogP contribution >= 0.6 is 7.82 Å². The number of rotatable bonds is 10. The van der Waals surface area contributed by atoms with Gasteiger partial charge >= 0.3 is 7.82 Å². The molecule has 0 aromatic heterocycles. The van der Waals surface area contributed by atoms with Crippen molar-refractivity contribution in [3.8, 4) is 0 Å². The Balaban J connectivity index is 3.36. The Morgan fingerprint density at radius 3 is 2.13 bits per heavy atom. The molecule has 0 rings (SSSR count). The molecular formula is C10H23O4P. The summed E-state index contributed by atoms with van der Waals surface area (Å²) in [5.74, 6) is 0. The van der Waals surface area contributed by atoms with Crippen molar-refractivity contribution in [1.29, 1.82) is 0 Å². The summed E-state index contributed by atoms with van der Waals surface area (Å²) in [6.07, 6.45) is 6.14. The molecule has 0 saturated carbocycles. The maximum absolute atomic E-state index is 11.2. The summed E-state index contributed by atoms with van der Waals surface area (Å²) >= 11 is 0. The highest BCUT2D eigenvalue weighted by molar-refractivity contribution is 7.47.